The number of nitrogens with two attached hydrogens (primary N) is 1. The first-order valence-electron chi connectivity index (χ1n) is 6.23. The maximum Gasteiger partial charge on any atom is 0.265 e. The van der Waals surface area contributed by atoms with E-state index in [1.165, 1.54) is 0 Å². The van der Waals surface area contributed by atoms with E-state index in [2.05, 4.69) is 21.0 Å². The summed E-state index contributed by atoms with van der Waals surface area (Å²) < 4.78 is 3.82. The number of hydrogen-bond donors (Lipinski definition) is 1. The third-order valence-corrected chi connectivity index (χ3v) is 4.70. The molecule has 0 fully saturated rings. The Hall–Kier alpha value is -1.27. The minimum Gasteiger partial charge on any atom is -0.397 e. The summed E-state index contributed by atoms with van der Waals surface area (Å²) in [5.74, 6) is 0. The predicted octanol–water partition coefficient (Wildman–Crippen LogP) is 2.73. The van der Waals surface area contributed by atoms with Gasteiger partial charge in [0.2, 0.25) is 0 Å². The van der Waals surface area contributed by atoms with Crippen molar-refractivity contribution in [3.05, 3.63) is 43.0 Å². The molecule has 0 unspecified atom stereocenters. The van der Waals surface area contributed by atoms with Crippen molar-refractivity contribution in [1.82, 2.24) is 14.3 Å². The smallest absolute Gasteiger partial charge is 0.265 e. The zero-order chi connectivity index (χ0) is 15.0. The number of rotatable bonds is 3. The molecule has 20 heavy (non-hydrogen) atoms. The lowest BCUT2D eigenvalue weighted by Crippen LogP contribution is -2.24. The summed E-state index contributed by atoms with van der Waals surface area (Å²) in [6.07, 6.45) is 1.64. The molecule has 0 saturated carbocycles. The number of hydrogen-bond acceptors (Lipinski definition) is 3. The molecule has 7 heteroatoms. The van der Waals surface area contributed by atoms with Crippen LogP contribution in [0.4, 0.5) is 5.69 Å². The van der Waals surface area contributed by atoms with Crippen molar-refractivity contribution < 1.29 is 0 Å². The number of halogens is 2. The quantitative estimate of drug-likeness (QED) is 0.916. The first-order valence-corrected chi connectivity index (χ1v) is 7.40. The van der Waals surface area contributed by atoms with Crippen molar-refractivity contribution >= 4 is 33.2 Å². The van der Waals surface area contributed by atoms with Gasteiger partial charge in [0, 0.05) is 12.7 Å². The summed E-state index contributed by atoms with van der Waals surface area (Å²) in [6.45, 7) is 6.67. The lowest BCUT2D eigenvalue weighted by atomic mass is 10.2. The van der Waals surface area contributed by atoms with E-state index in [0.717, 1.165) is 17.0 Å². The Morgan fingerprint density at radius 3 is 2.70 bits per heavy atom. The standard InChI is InChI=1S/C13H16BrClN4O/c1-4-19-10(12(15)8(3)17-19)6-18-5-9(16)7(2)11(14)13(18)20/h5H,4,6,16H2,1-3H3. The molecule has 0 aliphatic carbocycles. The van der Waals surface area contributed by atoms with E-state index in [0.29, 0.717) is 28.3 Å². The zero-order valence-corrected chi connectivity index (χ0v) is 13.9. The summed E-state index contributed by atoms with van der Waals surface area (Å²) in [5.41, 5.74) is 8.66. The van der Waals surface area contributed by atoms with Crippen LogP contribution in [0.25, 0.3) is 0 Å². The highest BCUT2D eigenvalue weighted by Crippen LogP contribution is 2.22. The fourth-order valence-corrected chi connectivity index (χ4v) is 2.69. The third kappa shape index (κ3) is 2.50. The van der Waals surface area contributed by atoms with Crippen LogP contribution in [0.3, 0.4) is 0 Å². The molecule has 0 aromatic carbocycles. The molecule has 0 atom stereocenters. The van der Waals surface area contributed by atoms with Gasteiger partial charge in [-0.3, -0.25) is 9.48 Å². The molecule has 108 valence electrons. The van der Waals surface area contributed by atoms with Gasteiger partial charge >= 0.3 is 0 Å². The van der Waals surface area contributed by atoms with Crippen molar-refractivity contribution in [2.45, 2.75) is 33.9 Å². The van der Waals surface area contributed by atoms with Crippen LogP contribution in [-0.2, 0) is 13.1 Å². The normalized spacial score (nSPS) is 11.1. The van der Waals surface area contributed by atoms with Crippen LogP contribution in [-0.4, -0.2) is 14.3 Å². The van der Waals surface area contributed by atoms with E-state index in [4.69, 9.17) is 17.3 Å². The van der Waals surface area contributed by atoms with E-state index >= 15 is 0 Å². The predicted molar refractivity (Wildman–Crippen MR) is 84.3 cm³/mol. The van der Waals surface area contributed by atoms with E-state index in [9.17, 15) is 4.79 Å². The zero-order valence-electron chi connectivity index (χ0n) is 11.6. The summed E-state index contributed by atoms with van der Waals surface area (Å²) in [6, 6.07) is 0. The van der Waals surface area contributed by atoms with Gasteiger partial charge in [-0.1, -0.05) is 11.6 Å². The lowest BCUT2D eigenvalue weighted by Gasteiger charge is -2.11. The third-order valence-electron chi connectivity index (χ3n) is 3.28. The SMILES string of the molecule is CCn1nc(C)c(Cl)c1Cn1cc(N)c(C)c(Br)c1=O. The molecule has 0 radical (unpaired) electrons. The van der Waals surface area contributed by atoms with Gasteiger partial charge in [-0.15, -0.1) is 0 Å². The fraction of sp³-hybridized carbons (Fsp3) is 0.385. The largest absolute Gasteiger partial charge is 0.397 e. The molecular formula is C13H16BrClN4O. The number of pyridine rings is 1. The summed E-state index contributed by atoms with van der Waals surface area (Å²) in [7, 11) is 0. The van der Waals surface area contributed by atoms with Gasteiger partial charge in [0.15, 0.2) is 0 Å². The minimum absolute atomic E-state index is 0.130. The maximum absolute atomic E-state index is 12.3. The second-order valence-electron chi connectivity index (χ2n) is 4.62. The number of nitrogen functional groups attached to an aromatic ring is 1. The van der Waals surface area contributed by atoms with Gasteiger partial charge in [-0.25, -0.2) is 0 Å². The molecule has 0 amide bonds. The van der Waals surface area contributed by atoms with Crippen LogP contribution < -0.4 is 11.3 Å². The van der Waals surface area contributed by atoms with Crippen LogP contribution >= 0.6 is 27.5 Å². The number of nitrogens with zero attached hydrogens (tertiary/aromatic N) is 3. The second kappa shape index (κ2) is 5.61. The van der Waals surface area contributed by atoms with E-state index in [1.54, 1.807) is 22.4 Å². The number of aromatic nitrogens is 3. The molecule has 0 saturated heterocycles. The van der Waals surface area contributed by atoms with E-state index in [1.807, 2.05) is 13.8 Å². The van der Waals surface area contributed by atoms with Crippen molar-refractivity contribution in [3.63, 3.8) is 0 Å². The van der Waals surface area contributed by atoms with Gasteiger partial charge in [0.05, 0.1) is 33.1 Å². The highest BCUT2D eigenvalue weighted by Gasteiger charge is 2.15. The van der Waals surface area contributed by atoms with Crippen molar-refractivity contribution in [2.75, 3.05) is 5.73 Å². The monoisotopic (exact) mass is 358 g/mol. The first-order chi connectivity index (χ1) is 9.36. The Kier molecular flexibility index (Phi) is 4.25. The van der Waals surface area contributed by atoms with Crippen LogP contribution in [0, 0.1) is 13.8 Å². The highest BCUT2D eigenvalue weighted by molar-refractivity contribution is 9.10. The van der Waals surface area contributed by atoms with Crippen LogP contribution in [0.1, 0.15) is 23.9 Å². The van der Waals surface area contributed by atoms with Crippen molar-refractivity contribution in [2.24, 2.45) is 0 Å². The lowest BCUT2D eigenvalue weighted by molar-refractivity contribution is 0.591. The van der Waals surface area contributed by atoms with Gasteiger partial charge in [-0.05, 0) is 42.3 Å². The Morgan fingerprint density at radius 2 is 2.10 bits per heavy atom. The van der Waals surface area contributed by atoms with Crippen LogP contribution in [0.2, 0.25) is 5.02 Å². The molecule has 2 aromatic rings. The summed E-state index contributed by atoms with van der Waals surface area (Å²) in [5, 5.41) is 4.93. The molecule has 0 bridgehead atoms. The molecule has 0 spiro atoms. The Morgan fingerprint density at radius 1 is 1.45 bits per heavy atom. The molecule has 0 aliphatic heterocycles. The van der Waals surface area contributed by atoms with Crippen LogP contribution in [0.5, 0.6) is 0 Å². The van der Waals surface area contributed by atoms with Crippen molar-refractivity contribution in [3.8, 4) is 0 Å². The highest BCUT2D eigenvalue weighted by atomic mass is 79.9. The molecule has 5 nitrogen and oxygen atoms in total. The molecule has 0 aliphatic rings. The Balaban J connectivity index is 2.54. The molecule has 2 aromatic heterocycles. The number of aryl methyl sites for hydroxylation is 2. The second-order valence-corrected chi connectivity index (χ2v) is 5.79. The molecule has 2 rings (SSSR count). The van der Waals surface area contributed by atoms with Gasteiger partial charge in [0.25, 0.3) is 5.56 Å². The molecule has 2 heterocycles. The number of anilines is 1. The topological polar surface area (TPSA) is 65.8 Å². The Bertz CT molecular complexity index is 720. The molecular weight excluding hydrogens is 344 g/mol. The first kappa shape index (κ1) is 15.1. The van der Waals surface area contributed by atoms with Gasteiger partial charge in [0.1, 0.15) is 0 Å². The Labute approximate surface area is 130 Å². The minimum atomic E-state index is -0.130. The van der Waals surface area contributed by atoms with Crippen LogP contribution in [0.15, 0.2) is 15.5 Å². The maximum atomic E-state index is 12.3. The van der Waals surface area contributed by atoms with E-state index in [-0.39, 0.29) is 5.56 Å². The summed E-state index contributed by atoms with van der Waals surface area (Å²) in [4.78, 5) is 12.3. The summed E-state index contributed by atoms with van der Waals surface area (Å²) >= 11 is 9.55. The fourth-order valence-electron chi connectivity index (χ4n) is 2.04. The van der Waals surface area contributed by atoms with Crippen molar-refractivity contribution in [1.29, 1.82) is 0 Å². The average Bonchev–Trinajstić information content (AvgIpc) is 2.70. The van der Waals surface area contributed by atoms with E-state index < -0.39 is 0 Å². The van der Waals surface area contributed by atoms with Gasteiger partial charge in [-0.2, -0.15) is 5.10 Å². The van der Waals surface area contributed by atoms with Gasteiger partial charge < -0.3 is 10.3 Å². The average molecular weight is 360 g/mol. The molecule has 2 N–H and O–H groups in total.